The van der Waals surface area contributed by atoms with Gasteiger partial charge in [0.25, 0.3) is 0 Å². The summed E-state index contributed by atoms with van der Waals surface area (Å²) in [5, 5.41) is 21.6. The molecule has 0 spiro atoms. The van der Waals surface area contributed by atoms with Crippen LogP contribution >= 0.6 is 0 Å². The van der Waals surface area contributed by atoms with Gasteiger partial charge in [0, 0.05) is 48.9 Å². The zero-order valence-electron chi connectivity index (χ0n) is 24.5. The van der Waals surface area contributed by atoms with E-state index in [4.69, 9.17) is 14.7 Å². The van der Waals surface area contributed by atoms with Crippen LogP contribution in [0.4, 0.5) is 16.3 Å². The Morgan fingerprint density at radius 2 is 1.93 bits per heavy atom. The Morgan fingerprint density at radius 1 is 1.07 bits per heavy atom. The lowest BCUT2D eigenvalue weighted by molar-refractivity contribution is 0.119. The third kappa shape index (κ3) is 5.53. The quantitative estimate of drug-likeness (QED) is 0.461. The molecule has 42 heavy (non-hydrogen) atoms. The van der Waals surface area contributed by atoms with E-state index in [-0.39, 0.29) is 6.42 Å². The Kier molecular flexibility index (Phi) is 8.02. The molecule has 10 nitrogen and oxygen atoms in total. The second-order valence-corrected chi connectivity index (χ2v) is 11.8. The van der Waals surface area contributed by atoms with E-state index in [0.717, 1.165) is 55.8 Å². The molecular formula is C32H39N7O3. The molecule has 0 saturated carbocycles. The summed E-state index contributed by atoms with van der Waals surface area (Å²) in [6.07, 6.45) is 3.17. The lowest BCUT2D eigenvalue weighted by Gasteiger charge is -2.40. The van der Waals surface area contributed by atoms with Gasteiger partial charge < -0.3 is 29.4 Å². The molecule has 3 aliphatic heterocycles. The predicted octanol–water partition coefficient (Wildman–Crippen LogP) is 4.45. The number of rotatable bonds is 6. The third-order valence-electron chi connectivity index (χ3n) is 9.10. The molecule has 1 amide bonds. The maximum atomic E-state index is 11.9. The van der Waals surface area contributed by atoms with Crippen molar-refractivity contribution in [3.63, 3.8) is 0 Å². The van der Waals surface area contributed by atoms with Crippen LogP contribution in [0.25, 0.3) is 10.8 Å². The highest BCUT2D eigenvalue weighted by molar-refractivity contribution is 5.96. The first-order valence-electron chi connectivity index (χ1n) is 15.0. The van der Waals surface area contributed by atoms with E-state index in [1.54, 1.807) is 0 Å². The Labute approximate surface area is 247 Å². The summed E-state index contributed by atoms with van der Waals surface area (Å²) in [4.78, 5) is 30.2. The number of benzene rings is 2. The van der Waals surface area contributed by atoms with E-state index in [9.17, 15) is 15.2 Å². The number of hydrogen-bond donors (Lipinski definition) is 1. The van der Waals surface area contributed by atoms with Crippen molar-refractivity contribution >= 4 is 28.4 Å². The highest BCUT2D eigenvalue weighted by atomic mass is 16.5. The Morgan fingerprint density at radius 3 is 2.71 bits per heavy atom. The third-order valence-corrected chi connectivity index (χ3v) is 9.10. The monoisotopic (exact) mass is 569 g/mol. The smallest absolute Gasteiger partial charge is 0.407 e. The van der Waals surface area contributed by atoms with Gasteiger partial charge in [-0.15, -0.1) is 0 Å². The number of aromatic nitrogens is 2. The van der Waals surface area contributed by atoms with E-state index < -0.39 is 12.1 Å². The van der Waals surface area contributed by atoms with Gasteiger partial charge >= 0.3 is 12.1 Å². The zero-order valence-corrected chi connectivity index (χ0v) is 24.5. The molecule has 10 heteroatoms. The Bertz CT molecular complexity index is 1510. The van der Waals surface area contributed by atoms with Crippen LogP contribution in [-0.4, -0.2) is 89.4 Å². The molecule has 3 aromatic rings. The summed E-state index contributed by atoms with van der Waals surface area (Å²) < 4.78 is 6.30. The number of likely N-dealkylation sites (tertiary alicyclic amines) is 1. The Hall–Kier alpha value is -4.10. The molecule has 1 aromatic heterocycles. The fourth-order valence-electron chi connectivity index (χ4n) is 6.83. The normalized spacial score (nSPS) is 21.2. The van der Waals surface area contributed by atoms with Gasteiger partial charge in [0.2, 0.25) is 0 Å². The van der Waals surface area contributed by atoms with Crippen LogP contribution < -0.4 is 14.5 Å². The summed E-state index contributed by atoms with van der Waals surface area (Å²) in [6, 6.07) is 15.4. The minimum atomic E-state index is -0.984. The van der Waals surface area contributed by atoms with Crippen LogP contribution in [0.3, 0.4) is 0 Å². The van der Waals surface area contributed by atoms with E-state index in [1.165, 1.54) is 26.9 Å². The molecule has 6 rings (SSSR count). The van der Waals surface area contributed by atoms with Crippen molar-refractivity contribution in [2.24, 2.45) is 0 Å². The molecule has 0 bridgehead atoms. The van der Waals surface area contributed by atoms with Gasteiger partial charge in [-0.25, -0.2) is 4.79 Å². The number of amides is 1. The first kappa shape index (κ1) is 28.0. The van der Waals surface area contributed by atoms with Crippen LogP contribution in [0.5, 0.6) is 6.01 Å². The van der Waals surface area contributed by atoms with Crippen molar-refractivity contribution in [1.82, 2.24) is 19.8 Å². The average molecular weight is 570 g/mol. The molecule has 1 N–H and O–H groups in total. The lowest BCUT2D eigenvalue weighted by Crippen LogP contribution is -2.55. The number of carbonyl (C=O) groups is 1. The fourth-order valence-corrected chi connectivity index (χ4v) is 6.83. The van der Waals surface area contributed by atoms with Crippen molar-refractivity contribution in [2.45, 2.75) is 57.7 Å². The molecule has 4 heterocycles. The molecule has 2 saturated heterocycles. The largest absolute Gasteiger partial charge is 0.465 e. The first-order valence-corrected chi connectivity index (χ1v) is 15.0. The van der Waals surface area contributed by atoms with Crippen molar-refractivity contribution < 1.29 is 14.6 Å². The lowest BCUT2D eigenvalue weighted by atomic mass is 10.0. The number of piperazine rings is 1. The molecule has 3 aliphatic rings. The highest BCUT2D eigenvalue weighted by Gasteiger charge is 2.34. The molecule has 0 aliphatic carbocycles. The number of aryl methyl sites for hydroxylation is 1. The fraction of sp³-hybridized carbons (Fsp3) is 0.500. The van der Waals surface area contributed by atoms with Crippen LogP contribution in [0, 0.1) is 18.3 Å². The summed E-state index contributed by atoms with van der Waals surface area (Å²) >= 11 is 0. The summed E-state index contributed by atoms with van der Waals surface area (Å²) in [5.74, 6) is 0.819. The van der Waals surface area contributed by atoms with E-state index >= 15 is 0 Å². The minimum Gasteiger partial charge on any atom is -0.465 e. The van der Waals surface area contributed by atoms with Gasteiger partial charge in [-0.05, 0) is 57.1 Å². The number of nitriles is 1. The maximum Gasteiger partial charge on any atom is 0.407 e. The number of carboxylic acid groups (broad SMARTS) is 1. The highest BCUT2D eigenvalue weighted by Crippen LogP contribution is 2.36. The van der Waals surface area contributed by atoms with Gasteiger partial charge in [0.15, 0.2) is 0 Å². The number of fused-ring (bicyclic) bond motifs is 2. The van der Waals surface area contributed by atoms with Gasteiger partial charge in [0.1, 0.15) is 12.4 Å². The van der Waals surface area contributed by atoms with Gasteiger partial charge in [-0.2, -0.15) is 15.2 Å². The topological polar surface area (TPSA) is 109 Å². The number of ether oxygens (including phenoxy) is 1. The second kappa shape index (κ2) is 12.0. The van der Waals surface area contributed by atoms with Crippen LogP contribution in [0.15, 0.2) is 36.4 Å². The van der Waals surface area contributed by atoms with E-state index in [2.05, 4.69) is 71.1 Å². The molecular weight excluding hydrogens is 530 g/mol. The maximum absolute atomic E-state index is 11.9. The van der Waals surface area contributed by atoms with Gasteiger partial charge in [0.05, 0.1) is 30.8 Å². The zero-order chi connectivity index (χ0) is 29.2. The Balaban J connectivity index is 1.37. The molecule has 2 aromatic carbocycles. The van der Waals surface area contributed by atoms with Gasteiger partial charge in [-0.1, -0.05) is 36.4 Å². The van der Waals surface area contributed by atoms with Gasteiger partial charge in [-0.3, -0.25) is 0 Å². The second-order valence-electron chi connectivity index (χ2n) is 11.8. The summed E-state index contributed by atoms with van der Waals surface area (Å²) in [7, 11) is 2.13. The molecule has 2 fully saturated rings. The van der Waals surface area contributed by atoms with Crippen molar-refractivity contribution in [2.75, 3.05) is 56.2 Å². The predicted molar refractivity (Wildman–Crippen MR) is 162 cm³/mol. The number of anilines is 2. The van der Waals surface area contributed by atoms with Crippen molar-refractivity contribution in [3.05, 3.63) is 53.2 Å². The molecule has 0 unspecified atom stereocenters. The summed E-state index contributed by atoms with van der Waals surface area (Å²) in [6.45, 7) is 6.54. The van der Waals surface area contributed by atoms with Crippen molar-refractivity contribution in [3.8, 4) is 12.1 Å². The summed E-state index contributed by atoms with van der Waals surface area (Å²) in [5.41, 5.74) is 4.52. The average Bonchev–Trinajstić information content (AvgIpc) is 3.28. The van der Waals surface area contributed by atoms with Crippen LogP contribution in [-0.2, 0) is 13.0 Å². The number of nitrogens with zero attached hydrogens (tertiary/aromatic N) is 7. The first-order chi connectivity index (χ1) is 20.4. The van der Waals surface area contributed by atoms with E-state index in [0.29, 0.717) is 44.8 Å². The minimum absolute atomic E-state index is 0.140. The van der Waals surface area contributed by atoms with Crippen LogP contribution in [0.1, 0.15) is 42.5 Å². The molecule has 220 valence electrons. The number of hydrogen-bond acceptors (Lipinski definition) is 8. The van der Waals surface area contributed by atoms with E-state index in [1.807, 2.05) is 0 Å². The SMILES string of the molecule is Cc1ccc2ccccc2c1N1CCCc2c(nc(OC[C@@H]3CCCN3C)nc2N2CCN(C(=O)O)[C@@H](CC#N)C2)C1. The van der Waals surface area contributed by atoms with Crippen molar-refractivity contribution in [1.29, 1.82) is 5.26 Å². The number of likely N-dealkylation sites (N-methyl/N-ethyl adjacent to an activating group) is 1. The standard InChI is InChI=1S/C32H39N7O3/c1-22-11-12-23-7-3-4-9-26(23)29(22)37-16-6-10-27-28(20-37)34-31(42-21-25-8-5-15-36(25)2)35-30(27)38-17-18-39(32(40)41)24(19-38)13-14-33/h3-4,7,9,11-12,24-25H,5-6,8,10,13,15-21H2,1-2H3,(H,40,41)/t24-,25-/m0/s1. The molecule has 2 atom stereocenters. The molecule has 0 radical (unpaired) electrons. The van der Waals surface area contributed by atoms with Crippen LogP contribution in [0.2, 0.25) is 0 Å².